The predicted octanol–water partition coefficient (Wildman–Crippen LogP) is 5.60. The molecule has 0 aromatic heterocycles. The number of carbonyl (C=O) groups is 1. The Morgan fingerprint density at radius 2 is 1.58 bits per heavy atom. The van der Waals surface area contributed by atoms with Crippen molar-refractivity contribution in [2.75, 3.05) is 6.54 Å². The summed E-state index contributed by atoms with van der Waals surface area (Å²) in [6.07, 6.45) is 3.55. The molecule has 2 aromatic rings. The molecule has 0 bridgehead atoms. The predicted molar refractivity (Wildman–Crippen MR) is 102 cm³/mol. The van der Waals surface area contributed by atoms with Gasteiger partial charge in [0.1, 0.15) is 11.6 Å². The third-order valence-corrected chi connectivity index (χ3v) is 4.28. The summed E-state index contributed by atoms with van der Waals surface area (Å²) >= 11 is 0. The van der Waals surface area contributed by atoms with Gasteiger partial charge in [0.25, 0.3) is 0 Å². The maximum absolute atomic E-state index is 13.3. The second-order valence-corrected chi connectivity index (χ2v) is 6.35. The van der Waals surface area contributed by atoms with Crippen molar-refractivity contribution in [2.45, 2.75) is 52.5 Å². The van der Waals surface area contributed by atoms with Gasteiger partial charge >= 0.3 is 0 Å². The first-order valence-electron chi connectivity index (χ1n) is 9.41. The summed E-state index contributed by atoms with van der Waals surface area (Å²) < 4.78 is 26.6. The maximum atomic E-state index is 13.3. The highest BCUT2D eigenvalue weighted by molar-refractivity contribution is 5.79. The molecule has 0 unspecified atom stereocenters. The first-order valence-corrected chi connectivity index (χ1v) is 9.41. The smallest absolute Gasteiger partial charge is 0.227 e. The van der Waals surface area contributed by atoms with E-state index in [1.165, 1.54) is 12.1 Å². The molecule has 1 aliphatic carbocycles. The van der Waals surface area contributed by atoms with Crippen LogP contribution in [0.15, 0.2) is 42.5 Å². The lowest BCUT2D eigenvalue weighted by molar-refractivity contribution is -0.131. The molecule has 1 aliphatic rings. The number of benzene rings is 2. The normalized spacial score (nSPS) is 13.0. The summed E-state index contributed by atoms with van der Waals surface area (Å²) in [5, 5.41) is 0. The zero-order valence-corrected chi connectivity index (χ0v) is 15.8. The van der Waals surface area contributed by atoms with E-state index in [2.05, 4.69) is 6.92 Å². The van der Waals surface area contributed by atoms with Gasteiger partial charge in [0, 0.05) is 18.7 Å². The molecule has 1 fully saturated rings. The molecule has 4 heteroatoms. The van der Waals surface area contributed by atoms with Crippen molar-refractivity contribution in [1.29, 1.82) is 0 Å². The summed E-state index contributed by atoms with van der Waals surface area (Å²) in [4.78, 5) is 14.4. The highest BCUT2D eigenvalue weighted by Gasteiger charge is 2.31. The minimum atomic E-state index is -0.594. The van der Waals surface area contributed by atoms with Gasteiger partial charge in [-0.15, -0.1) is 0 Å². The van der Waals surface area contributed by atoms with Crippen LogP contribution in [0.3, 0.4) is 0 Å². The fourth-order valence-electron chi connectivity index (χ4n) is 2.95. The van der Waals surface area contributed by atoms with Crippen molar-refractivity contribution in [3.05, 3.63) is 59.7 Å². The van der Waals surface area contributed by atoms with E-state index in [4.69, 9.17) is 0 Å². The molecule has 0 heterocycles. The summed E-state index contributed by atoms with van der Waals surface area (Å²) in [6, 6.07) is 11.2. The Morgan fingerprint density at radius 3 is 2.08 bits per heavy atom. The largest absolute Gasteiger partial charge is 0.339 e. The van der Waals surface area contributed by atoms with Crippen LogP contribution in [0, 0.1) is 11.6 Å². The van der Waals surface area contributed by atoms with Crippen LogP contribution in [0.2, 0.25) is 0 Å². The molecule has 0 radical (unpaired) electrons. The summed E-state index contributed by atoms with van der Waals surface area (Å²) in [5.74, 6) is -1.03. The zero-order valence-electron chi connectivity index (χ0n) is 15.8. The molecule has 2 aromatic carbocycles. The van der Waals surface area contributed by atoms with E-state index in [9.17, 15) is 13.6 Å². The van der Waals surface area contributed by atoms with E-state index >= 15 is 0 Å². The monoisotopic (exact) mass is 359 g/mol. The summed E-state index contributed by atoms with van der Waals surface area (Å²) in [5.41, 5.74) is 2.15. The molecule has 0 spiro atoms. The first kappa shape index (κ1) is 20.1. The fourth-order valence-corrected chi connectivity index (χ4v) is 2.95. The second kappa shape index (κ2) is 9.46. The molecule has 0 N–H and O–H groups in total. The van der Waals surface area contributed by atoms with Gasteiger partial charge in [-0.2, -0.15) is 0 Å². The Kier molecular flexibility index (Phi) is 7.31. The summed E-state index contributed by atoms with van der Waals surface area (Å²) in [7, 11) is 0. The Labute approximate surface area is 154 Å². The van der Waals surface area contributed by atoms with E-state index in [1.807, 2.05) is 30.9 Å². The van der Waals surface area contributed by atoms with Gasteiger partial charge in [0.15, 0.2) is 0 Å². The molecule has 2 nitrogen and oxygen atoms in total. The van der Waals surface area contributed by atoms with Crippen LogP contribution in [0.25, 0.3) is 11.1 Å². The molecule has 0 aliphatic heterocycles. The molecule has 0 saturated heterocycles. The Morgan fingerprint density at radius 1 is 1.00 bits per heavy atom. The minimum Gasteiger partial charge on any atom is -0.339 e. The van der Waals surface area contributed by atoms with Crippen LogP contribution in [0.5, 0.6) is 0 Å². The Hall–Kier alpha value is -2.23. The van der Waals surface area contributed by atoms with Crippen molar-refractivity contribution >= 4 is 5.91 Å². The van der Waals surface area contributed by atoms with Crippen LogP contribution >= 0.6 is 0 Å². The first-order chi connectivity index (χ1) is 12.6. The van der Waals surface area contributed by atoms with Gasteiger partial charge in [0.05, 0.1) is 6.42 Å². The van der Waals surface area contributed by atoms with Gasteiger partial charge < -0.3 is 4.90 Å². The average Bonchev–Trinajstić information content (AvgIpc) is 3.46. The van der Waals surface area contributed by atoms with Crippen LogP contribution in [0.4, 0.5) is 8.78 Å². The second-order valence-electron chi connectivity index (χ2n) is 6.35. The van der Waals surface area contributed by atoms with Gasteiger partial charge in [0.2, 0.25) is 5.91 Å². The van der Waals surface area contributed by atoms with Crippen LogP contribution in [-0.4, -0.2) is 23.4 Å². The van der Waals surface area contributed by atoms with Crippen LogP contribution in [0.1, 0.15) is 45.6 Å². The quantitative estimate of drug-likeness (QED) is 0.657. The SMILES string of the molecule is CC.CCCN(C(=O)Cc1ccc(-c2cc(F)cc(F)c2)cc1)C1CC1. The van der Waals surface area contributed by atoms with Gasteiger partial charge in [-0.25, -0.2) is 8.78 Å². The van der Waals surface area contributed by atoms with E-state index in [-0.39, 0.29) is 5.91 Å². The van der Waals surface area contributed by atoms with Gasteiger partial charge in [-0.1, -0.05) is 45.0 Å². The van der Waals surface area contributed by atoms with Gasteiger partial charge in [-0.05, 0) is 48.1 Å². The molecule has 26 heavy (non-hydrogen) atoms. The molecule has 1 amide bonds. The van der Waals surface area contributed by atoms with E-state index in [1.54, 1.807) is 12.1 Å². The van der Waals surface area contributed by atoms with Crippen molar-refractivity contribution in [1.82, 2.24) is 4.90 Å². The molecular formula is C22H27F2NO. The average molecular weight is 359 g/mol. The highest BCUT2D eigenvalue weighted by atomic mass is 19.1. The lowest BCUT2D eigenvalue weighted by atomic mass is 10.0. The Balaban J connectivity index is 0.00000117. The maximum Gasteiger partial charge on any atom is 0.227 e. The molecule has 3 rings (SSSR count). The van der Waals surface area contributed by atoms with Crippen LogP contribution in [-0.2, 0) is 11.2 Å². The third-order valence-electron chi connectivity index (χ3n) is 4.28. The standard InChI is InChI=1S/C20H21F2NO.C2H6/c1-2-9-23(19-7-8-19)20(24)10-14-3-5-15(6-4-14)16-11-17(21)13-18(22)12-16;1-2/h3-6,11-13,19H,2,7-10H2,1H3;1-2H3. The number of halogens is 2. The number of rotatable bonds is 6. The van der Waals surface area contributed by atoms with Crippen molar-refractivity contribution in [3.8, 4) is 11.1 Å². The lowest BCUT2D eigenvalue weighted by Gasteiger charge is -2.21. The number of hydrogen-bond donors (Lipinski definition) is 0. The van der Waals surface area contributed by atoms with E-state index in [0.717, 1.165) is 43.0 Å². The summed E-state index contributed by atoms with van der Waals surface area (Å²) in [6.45, 7) is 6.89. The van der Waals surface area contributed by atoms with Crippen molar-refractivity contribution in [2.24, 2.45) is 0 Å². The molecule has 0 atom stereocenters. The number of amides is 1. The zero-order chi connectivity index (χ0) is 19.1. The third kappa shape index (κ3) is 5.38. The Bertz CT molecular complexity index is 703. The van der Waals surface area contributed by atoms with Crippen LogP contribution < -0.4 is 0 Å². The number of carbonyl (C=O) groups excluding carboxylic acids is 1. The lowest BCUT2D eigenvalue weighted by Crippen LogP contribution is -2.34. The highest BCUT2D eigenvalue weighted by Crippen LogP contribution is 2.28. The topological polar surface area (TPSA) is 20.3 Å². The molecule has 140 valence electrons. The molecule has 1 saturated carbocycles. The van der Waals surface area contributed by atoms with E-state index in [0.29, 0.717) is 18.0 Å². The number of nitrogens with zero attached hydrogens (tertiary/aromatic N) is 1. The minimum absolute atomic E-state index is 0.156. The molecular weight excluding hydrogens is 332 g/mol. The number of hydrogen-bond acceptors (Lipinski definition) is 1. The van der Waals surface area contributed by atoms with E-state index < -0.39 is 11.6 Å². The van der Waals surface area contributed by atoms with Crippen molar-refractivity contribution in [3.63, 3.8) is 0 Å². The fraction of sp³-hybridized carbons (Fsp3) is 0.409. The van der Waals surface area contributed by atoms with Crippen molar-refractivity contribution < 1.29 is 13.6 Å². The van der Waals surface area contributed by atoms with Gasteiger partial charge in [-0.3, -0.25) is 4.79 Å².